The van der Waals surface area contributed by atoms with E-state index in [4.69, 9.17) is 38.3 Å². The van der Waals surface area contributed by atoms with Gasteiger partial charge in [-0.15, -0.1) is 0 Å². The van der Waals surface area contributed by atoms with Gasteiger partial charge < -0.3 is 4.90 Å². The smallest absolute Gasteiger partial charge is 0.179 e. The molecule has 2 unspecified atom stereocenters. The SMILES string of the molecule is Cc1nn(C(C)c2ccc(Cl)cc2Cl)c2nc(N3CCC(N4CCCC4C)CC3)cnc12. The van der Waals surface area contributed by atoms with Crippen LogP contribution < -0.4 is 4.90 Å². The summed E-state index contributed by atoms with van der Waals surface area (Å²) < 4.78 is 1.94. The molecule has 6 nitrogen and oxygen atoms in total. The zero-order valence-corrected chi connectivity index (χ0v) is 20.4. The Hall–Kier alpha value is -1.89. The number of aryl methyl sites for hydroxylation is 1. The molecular formula is C24H30Cl2N6. The van der Waals surface area contributed by atoms with Gasteiger partial charge in [-0.25, -0.2) is 14.6 Å². The van der Waals surface area contributed by atoms with Gasteiger partial charge in [-0.1, -0.05) is 29.3 Å². The first-order chi connectivity index (χ1) is 15.4. The lowest BCUT2D eigenvalue weighted by molar-refractivity contribution is 0.163. The van der Waals surface area contributed by atoms with Crippen molar-refractivity contribution < 1.29 is 0 Å². The van der Waals surface area contributed by atoms with Crippen LogP contribution in [0.1, 0.15) is 56.8 Å². The van der Waals surface area contributed by atoms with E-state index in [2.05, 4.69) is 23.6 Å². The van der Waals surface area contributed by atoms with Crippen LogP contribution in [-0.2, 0) is 0 Å². The summed E-state index contributed by atoms with van der Waals surface area (Å²) in [6, 6.07) is 6.93. The van der Waals surface area contributed by atoms with Gasteiger partial charge in [-0.3, -0.25) is 4.90 Å². The molecule has 32 heavy (non-hydrogen) atoms. The summed E-state index contributed by atoms with van der Waals surface area (Å²) >= 11 is 12.6. The Labute approximate surface area is 199 Å². The fraction of sp³-hybridized carbons (Fsp3) is 0.542. The molecule has 0 amide bonds. The third-order valence-corrected chi connectivity index (χ3v) is 7.76. The predicted molar refractivity (Wildman–Crippen MR) is 131 cm³/mol. The second-order valence-electron chi connectivity index (χ2n) is 9.22. The molecule has 4 heterocycles. The van der Waals surface area contributed by atoms with E-state index < -0.39 is 0 Å². The van der Waals surface area contributed by atoms with Crippen molar-refractivity contribution in [3.8, 4) is 0 Å². The summed E-state index contributed by atoms with van der Waals surface area (Å²) in [5.74, 6) is 0.931. The van der Waals surface area contributed by atoms with Crippen LogP contribution in [0.25, 0.3) is 11.2 Å². The Balaban J connectivity index is 1.40. The molecule has 2 atom stereocenters. The molecule has 3 aromatic rings. The van der Waals surface area contributed by atoms with Crippen LogP contribution in [0.3, 0.4) is 0 Å². The van der Waals surface area contributed by atoms with Crippen molar-refractivity contribution in [3.05, 3.63) is 45.7 Å². The van der Waals surface area contributed by atoms with Crippen LogP contribution >= 0.6 is 23.2 Å². The molecule has 2 aromatic heterocycles. The van der Waals surface area contributed by atoms with Gasteiger partial charge >= 0.3 is 0 Å². The van der Waals surface area contributed by atoms with Crippen LogP contribution in [0.4, 0.5) is 5.82 Å². The van der Waals surface area contributed by atoms with E-state index in [0.29, 0.717) is 16.1 Å². The number of fused-ring (bicyclic) bond motifs is 1. The number of anilines is 1. The van der Waals surface area contributed by atoms with E-state index in [9.17, 15) is 0 Å². The lowest BCUT2D eigenvalue weighted by Gasteiger charge is -2.39. The maximum atomic E-state index is 6.49. The van der Waals surface area contributed by atoms with E-state index in [0.717, 1.165) is 47.4 Å². The molecule has 2 aliphatic heterocycles. The molecule has 5 rings (SSSR count). The van der Waals surface area contributed by atoms with Gasteiger partial charge in [0.2, 0.25) is 0 Å². The fourth-order valence-corrected chi connectivity index (χ4v) is 5.93. The van der Waals surface area contributed by atoms with Gasteiger partial charge in [0.05, 0.1) is 17.9 Å². The summed E-state index contributed by atoms with van der Waals surface area (Å²) in [6.45, 7) is 9.71. The lowest BCUT2D eigenvalue weighted by Crippen LogP contribution is -2.46. The molecule has 0 bridgehead atoms. The molecule has 0 radical (unpaired) electrons. The standard InChI is InChI=1S/C24H30Cl2N6/c1-15-5-4-10-31(15)19-8-11-30(12-9-19)22-14-27-23-16(2)29-32(24(23)28-22)17(3)20-7-6-18(25)13-21(20)26/h6-7,13-15,17,19H,4-5,8-12H2,1-3H3. The molecule has 2 aliphatic rings. The highest BCUT2D eigenvalue weighted by Crippen LogP contribution is 2.32. The van der Waals surface area contributed by atoms with Gasteiger partial charge in [0, 0.05) is 35.2 Å². The van der Waals surface area contributed by atoms with E-state index in [1.165, 1.54) is 32.2 Å². The van der Waals surface area contributed by atoms with Crippen LogP contribution in [0.5, 0.6) is 0 Å². The number of aromatic nitrogens is 4. The first-order valence-corrected chi connectivity index (χ1v) is 12.4. The molecule has 0 saturated carbocycles. The minimum absolute atomic E-state index is 0.0806. The van der Waals surface area contributed by atoms with Crippen molar-refractivity contribution in [3.63, 3.8) is 0 Å². The van der Waals surface area contributed by atoms with Gasteiger partial charge in [-0.05, 0) is 70.7 Å². The summed E-state index contributed by atoms with van der Waals surface area (Å²) in [7, 11) is 0. The van der Waals surface area contributed by atoms with Crippen LogP contribution in [-0.4, -0.2) is 56.4 Å². The number of hydrogen-bond donors (Lipinski definition) is 0. The minimum Gasteiger partial charge on any atom is -0.355 e. The minimum atomic E-state index is -0.0806. The average Bonchev–Trinajstić information content (AvgIpc) is 3.36. The maximum Gasteiger partial charge on any atom is 0.179 e. The number of rotatable bonds is 4. The summed E-state index contributed by atoms with van der Waals surface area (Å²) in [4.78, 5) is 14.9. The molecule has 0 aliphatic carbocycles. The third kappa shape index (κ3) is 3.97. The summed E-state index contributed by atoms with van der Waals surface area (Å²) in [6.07, 6.45) is 6.93. The van der Waals surface area contributed by atoms with Crippen LogP contribution in [0, 0.1) is 6.92 Å². The molecular weight excluding hydrogens is 443 g/mol. The summed E-state index contributed by atoms with van der Waals surface area (Å²) in [5.41, 5.74) is 3.48. The van der Waals surface area contributed by atoms with E-state index in [1.807, 2.05) is 29.9 Å². The Morgan fingerprint density at radius 3 is 2.56 bits per heavy atom. The lowest BCUT2D eigenvalue weighted by atomic mass is 10.0. The number of nitrogens with zero attached hydrogens (tertiary/aromatic N) is 6. The van der Waals surface area contributed by atoms with Gasteiger partial charge in [0.15, 0.2) is 5.65 Å². The highest BCUT2D eigenvalue weighted by molar-refractivity contribution is 6.35. The van der Waals surface area contributed by atoms with Crippen molar-refractivity contribution in [2.45, 2.75) is 64.6 Å². The average molecular weight is 473 g/mol. The normalized spacial score (nSPS) is 21.5. The highest BCUT2D eigenvalue weighted by atomic mass is 35.5. The van der Waals surface area contributed by atoms with Crippen molar-refractivity contribution in [2.24, 2.45) is 0 Å². The van der Waals surface area contributed by atoms with Crippen molar-refractivity contribution in [1.82, 2.24) is 24.6 Å². The fourth-order valence-electron chi connectivity index (χ4n) is 5.36. The molecule has 0 N–H and O–H groups in total. The Morgan fingerprint density at radius 2 is 1.88 bits per heavy atom. The zero-order chi connectivity index (χ0) is 22.4. The van der Waals surface area contributed by atoms with Crippen molar-refractivity contribution >= 4 is 40.2 Å². The van der Waals surface area contributed by atoms with Gasteiger partial charge in [0.25, 0.3) is 0 Å². The summed E-state index contributed by atoms with van der Waals surface area (Å²) in [5, 5.41) is 6.02. The first kappa shape index (κ1) is 21.9. The molecule has 0 spiro atoms. The number of piperidine rings is 1. The Bertz CT molecular complexity index is 1120. The second kappa shape index (κ2) is 8.81. The number of likely N-dealkylation sites (tertiary alicyclic amines) is 1. The Kier molecular flexibility index (Phi) is 6.03. The molecule has 170 valence electrons. The quantitative estimate of drug-likeness (QED) is 0.501. The maximum absolute atomic E-state index is 6.49. The Morgan fingerprint density at radius 1 is 1.09 bits per heavy atom. The van der Waals surface area contributed by atoms with Gasteiger partial charge in [0.1, 0.15) is 11.3 Å². The van der Waals surface area contributed by atoms with E-state index in [-0.39, 0.29) is 6.04 Å². The largest absolute Gasteiger partial charge is 0.355 e. The van der Waals surface area contributed by atoms with Crippen LogP contribution in [0.2, 0.25) is 10.0 Å². The molecule has 2 saturated heterocycles. The highest BCUT2D eigenvalue weighted by Gasteiger charge is 2.31. The predicted octanol–water partition coefficient (Wildman–Crippen LogP) is 5.50. The van der Waals surface area contributed by atoms with Crippen molar-refractivity contribution in [2.75, 3.05) is 24.5 Å². The zero-order valence-electron chi connectivity index (χ0n) is 18.9. The number of halogens is 2. The second-order valence-corrected chi connectivity index (χ2v) is 10.1. The van der Waals surface area contributed by atoms with E-state index >= 15 is 0 Å². The van der Waals surface area contributed by atoms with E-state index in [1.54, 1.807) is 6.07 Å². The number of hydrogen-bond acceptors (Lipinski definition) is 5. The monoisotopic (exact) mass is 472 g/mol. The third-order valence-electron chi connectivity index (χ3n) is 7.20. The molecule has 8 heteroatoms. The topological polar surface area (TPSA) is 50.1 Å². The molecule has 2 fully saturated rings. The number of benzene rings is 1. The van der Waals surface area contributed by atoms with Crippen LogP contribution in [0.15, 0.2) is 24.4 Å². The van der Waals surface area contributed by atoms with Crippen molar-refractivity contribution in [1.29, 1.82) is 0 Å². The molecule has 1 aromatic carbocycles. The van der Waals surface area contributed by atoms with Gasteiger partial charge in [-0.2, -0.15) is 5.10 Å². The first-order valence-electron chi connectivity index (χ1n) is 11.6.